The highest BCUT2D eigenvalue weighted by atomic mass is 35.5. The summed E-state index contributed by atoms with van der Waals surface area (Å²) in [4.78, 5) is 2.16. The van der Waals surface area contributed by atoms with Gasteiger partial charge in [0, 0.05) is 13.1 Å². The van der Waals surface area contributed by atoms with Crippen LogP contribution in [0.4, 0.5) is 0 Å². The van der Waals surface area contributed by atoms with Gasteiger partial charge in [0.1, 0.15) is 0 Å². The topological polar surface area (TPSA) is 27.0 Å². The molecule has 102 valence electrons. The fourth-order valence-corrected chi connectivity index (χ4v) is 2.38. The Labute approximate surface area is 129 Å². The third kappa shape index (κ3) is 3.98. The summed E-state index contributed by atoms with van der Waals surface area (Å²) in [5, 5.41) is 10.0. The molecule has 2 rings (SSSR count). The highest BCUT2D eigenvalue weighted by Gasteiger charge is 2.05. The van der Waals surface area contributed by atoms with E-state index in [-0.39, 0.29) is 0 Å². The minimum atomic E-state index is 0.569. The average molecular weight is 305 g/mol. The zero-order valence-corrected chi connectivity index (χ0v) is 12.6. The molecular weight excluding hydrogens is 291 g/mol. The number of benzene rings is 2. The quantitative estimate of drug-likeness (QED) is 0.831. The molecule has 4 heteroatoms. The Morgan fingerprint density at radius 2 is 1.70 bits per heavy atom. The molecule has 0 fully saturated rings. The van der Waals surface area contributed by atoms with E-state index in [4.69, 9.17) is 28.5 Å². The summed E-state index contributed by atoms with van der Waals surface area (Å²) in [6.45, 7) is 1.55. The van der Waals surface area contributed by atoms with Gasteiger partial charge in [0.05, 0.1) is 21.7 Å². The lowest BCUT2D eigenvalue weighted by atomic mass is 10.1. The van der Waals surface area contributed by atoms with E-state index in [0.717, 1.165) is 24.2 Å². The SMILES string of the molecule is CN(Cc1cccc(C#N)c1)Cc1ccc(Cl)c(Cl)c1. The third-order valence-corrected chi connectivity index (χ3v) is 3.68. The van der Waals surface area contributed by atoms with Crippen molar-refractivity contribution in [3.05, 3.63) is 69.2 Å². The highest BCUT2D eigenvalue weighted by Crippen LogP contribution is 2.23. The number of hydrogen-bond donors (Lipinski definition) is 0. The molecule has 0 radical (unpaired) electrons. The Morgan fingerprint density at radius 3 is 2.35 bits per heavy atom. The Hall–Kier alpha value is -1.53. The number of halogens is 2. The fraction of sp³-hybridized carbons (Fsp3) is 0.188. The molecule has 0 aliphatic heterocycles. The first-order valence-corrected chi connectivity index (χ1v) is 6.95. The lowest BCUT2D eigenvalue weighted by Crippen LogP contribution is -2.17. The van der Waals surface area contributed by atoms with E-state index in [1.54, 1.807) is 0 Å². The molecular formula is C16H14Cl2N2. The lowest BCUT2D eigenvalue weighted by Gasteiger charge is -2.17. The first kappa shape index (κ1) is 14.9. The van der Waals surface area contributed by atoms with Crippen LogP contribution in [0.25, 0.3) is 0 Å². The molecule has 0 atom stereocenters. The molecule has 0 unspecified atom stereocenters. The minimum absolute atomic E-state index is 0.569. The lowest BCUT2D eigenvalue weighted by molar-refractivity contribution is 0.319. The first-order chi connectivity index (χ1) is 9.58. The maximum Gasteiger partial charge on any atom is 0.0991 e. The molecule has 0 bridgehead atoms. The van der Waals surface area contributed by atoms with Gasteiger partial charge in [0.2, 0.25) is 0 Å². The molecule has 0 amide bonds. The van der Waals surface area contributed by atoms with Crippen LogP contribution in [-0.2, 0) is 13.1 Å². The van der Waals surface area contributed by atoms with Crippen molar-refractivity contribution < 1.29 is 0 Å². The summed E-state index contributed by atoms with van der Waals surface area (Å²) in [5.41, 5.74) is 2.91. The number of nitriles is 1. The zero-order valence-electron chi connectivity index (χ0n) is 11.1. The van der Waals surface area contributed by atoms with Gasteiger partial charge >= 0.3 is 0 Å². The number of hydrogen-bond acceptors (Lipinski definition) is 2. The summed E-state index contributed by atoms with van der Waals surface area (Å²) in [7, 11) is 2.03. The zero-order chi connectivity index (χ0) is 14.5. The van der Waals surface area contributed by atoms with Gasteiger partial charge in [-0.3, -0.25) is 4.90 Å². The molecule has 0 spiro atoms. The fourth-order valence-electron chi connectivity index (χ4n) is 2.06. The van der Waals surface area contributed by atoms with Crippen LogP contribution < -0.4 is 0 Å². The van der Waals surface area contributed by atoms with Crippen molar-refractivity contribution in [3.8, 4) is 6.07 Å². The second-order valence-corrected chi connectivity index (χ2v) is 5.55. The van der Waals surface area contributed by atoms with Gasteiger partial charge in [0.15, 0.2) is 0 Å². The summed E-state index contributed by atoms with van der Waals surface area (Å²) >= 11 is 11.9. The van der Waals surface area contributed by atoms with Gasteiger partial charge in [-0.1, -0.05) is 41.4 Å². The van der Waals surface area contributed by atoms with Gasteiger partial charge in [-0.25, -0.2) is 0 Å². The van der Waals surface area contributed by atoms with Crippen molar-refractivity contribution >= 4 is 23.2 Å². The molecule has 0 aliphatic carbocycles. The van der Waals surface area contributed by atoms with Crippen molar-refractivity contribution in [1.82, 2.24) is 4.90 Å². The van der Waals surface area contributed by atoms with E-state index in [1.165, 1.54) is 0 Å². The van der Waals surface area contributed by atoms with Gasteiger partial charge in [-0.15, -0.1) is 0 Å². The van der Waals surface area contributed by atoms with Gasteiger partial charge in [0.25, 0.3) is 0 Å². The van der Waals surface area contributed by atoms with E-state index in [2.05, 4.69) is 11.0 Å². The van der Waals surface area contributed by atoms with E-state index in [1.807, 2.05) is 49.5 Å². The number of nitrogens with zero attached hydrogens (tertiary/aromatic N) is 2. The molecule has 0 saturated heterocycles. The Balaban J connectivity index is 2.03. The van der Waals surface area contributed by atoms with Crippen LogP contribution >= 0.6 is 23.2 Å². The summed E-state index contributed by atoms with van der Waals surface area (Å²) in [6.07, 6.45) is 0. The van der Waals surface area contributed by atoms with E-state index >= 15 is 0 Å². The minimum Gasteiger partial charge on any atom is -0.298 e. The summed E-state index contributed by atoms with van der Waals surface area (Å²) in [6, 6.07) is 15.5. The van der Waals surface area contributed by atoms with E-state index in [9.17, 15) is 0 Å². The summed E-state index contributed by atoms with van der Waals surface area (Å²) in [5.74, 6) is 0. The van der Waals surface area contributed by atoms with Crippen molar-refractivity contribution in [2.24, 2.45) is 0 Å². The third-order valence-electron chi connectivity index (χ3n) is 2.95. The van der Waals surface area contributed by atoms with E-state index < -0.39 is 0 Å². The van der Waals surface area contributed by atoms with E-state index in [0.29, 0.717) is 15.6 Å². The maximum absolute atomic E-state index is 8.90. The standard InChI is InChI=1S/C16H14Cl2N2/c1-20(10-13-4-2-3-12(7-13)9-19)11-14-5-6-15(17)16(18)8-14/h2-8H,10-11H2,1H3. The molecule has 0 aliphatic rings. The highest BCUT2D eigenvalue weighted by molar-refractivity contribution is 6.42. The van der Waals surface area contributed by atoms with Crippen LogP contribution in [0.1, 0.15) is 16.7 Å². The molecule has 2 aromatic carbocycles. The normalized spacial score (nSPS) is 10.6. The molecule has 0 saturated carbocycles. The predicted octanol–water partition coefficient (Wildman–Crippen LogP) is 4.50. The smallest absolute Gasteiger partial charge is 0.0991 e. The summed E-state index contributed by atoms with van der Waals surface area (Å²) < 4.78 is 0. The molecule has 0 heterocycles. The van der Waals surface area contributed by atoms with Gasteiger partial charge in [-0.2, -0.15) is 5.26 Å². The Bertz CT molecular complexity index is 647. The van der Waals surface area contributed by atoms with Gasteiger partial charge in [-0.05, 0) is 42.4 Å². The van der Waals surface area contributed by atoms with Crippen LogP contribution in [0, 0.1) is 11.3 Å². The van der Waals surface area contributed by atoms with Crippen molar-refractivity contribution in [2.75, 3.05) is 7.05 Å². The Kier molecular flexibility index (Phi) is 5.03. The molecule has 0 aromatic heterocycles. The molecule has 20 heavy (non-hydrogen) atoms. The van der Waals surface area contributed by atoms with Crippen molar-refractivity contribution in [3.63, 3.8) is 0 Å². The van der Waals surface area contributed by atoms with Crippen molar-refractivity contribution in [1.29, 1.82) is 5.26 Å². The maximum atomic E-state index is 8.90. The molecule has 2 nitrogen and oxygen atoms in total. The van der Waals surface area contributed by atoms with Crippen LogP contribution in [0.2, 0.25) is 10.0 Å². The predicted molar refractivity (Wildman–Crippen MR) is 82.8 cm³/mol. The van der Waals surface area contributed by atoms with Gasteiger partial charge < -0.3 is 0 Å². The Morgan fingerprint density at radius 1 is 1.00 bits per heavy atom. The number of rotatable bonds is 4. The van der Waals surface area contributed by atoms with Crippen molar-refractivity contribution in [2.45, 2.75) is 13.1 Å². The van der Waals surface area contributed by atoms with Crippen LogP contribution in [0.5, 0.6) is 0 Å². The monoisotopic (exact) mass is 304 g/mol. The van der Waals surface area contributed by atoms with Crippen LogP contribution in [-0.4, -0.2) is 11.9 Å². The largest absolute Gasteiger partial charge is 0.298 e. The second kappa shape index (κ2) is 6.76. The molecule has 2 aromatic rings. The first-order valence-electron chi connectivity index (χ1n) is 6.20. The second-order valence-electron chi connectivity index (χ2n) is 4.73. The molecule has 0 N–H and O–H groups in total. The van der Waals surface area contributed by atoms with Crippen LogP contribution in [0.3, 0.4) is 0 Å². The van der Waals surface area contributed by atoms with Crippen LogP contribution in [0.15, 0.2) is 42.5 Å². The average Bonchev–Trinajstić information content (AvgIpc) is 2.43.